The number of benzene rings is 1. The van der Waals surface area contributed by atoms with Crippen molar-refractivity contribution in [3.63, 3.8) is 0 Å². The van der Waals surface area contributed by atoms with E-state index >= 15 is 0 Å². The van der Waals surface area contributed by atoms with Crippen molar-refractivity contribution in [1.82, 2.24) is 18.7 Å². The van der Waals surface area contributed by atoms with Gasteiger partial charge in [-0.15, -0.1) is 0 Å². The normalized spacial score (nSPS) is 19.5. The van der Waals surface area contributed by atoms with Crippen molar-refractivity contribution in [3.8, 4) is 0 Å². The summed E-state index contributed by atoms with van der Waals surface area (Å²) in [4.78, 5) is 34.2. The van der Waals surface area contributed by atoms with Gasteiger partial charge in [-0.1, -0.05) is 49.9 Å². The number of hydrogen-bond acceptors (Lipinski definition) is 4. The minimum atomic E-state index is -0.309. The van der Waals surface area contributed by atoms with Crippen molar-refractivity contribution in [2.75, 3.05) is 11.4 Å². The molecule has 1 fully saturated rings. The van der Waals surface area contributed by atoms with Gasteiger partial charge in [-0.05, 0) is 43.7 Å². The van der Waals surface area contributed by atoms with Gasteiger partial charge in [-0.3, -0.25) is 13.9 Å². The molecule has 3 heterocycles. The van der Waals surface area contributed by atoms with E-state index in [1.807, 2.05) is 19.9 Å². The first-order valence-corrected chi connectivity index (χ1v) is 11.9. The molecule has 0 bridgehead atoms. The van der Waals surface area contributed by atoms with Crippen molar-refractivity contribution >= 4 is 17.1 Å². The molecule has 2 aliphatic rings. The fourth-order valence-corrected chi connectivity index (χ4v) is 5.52. The lowest BCUT2D eigenvalue weighted by Gasteiger charge is -2.40. The molecule has 32 heavy (non-hydrogen) atoms. The monoisotopic (exact) mass is 435 g/mol. The summed E-state index contributed by atoms with van der Waals surface area (Å²) in [5, 5.41) is 0. The summed E-state index contributed by atoms with van der Waals surface area (Å²) in [6.07, 6.45) is 6.14. The lowest BCUT2D eigenvalue weighted by Crippen LogP contribution is -2.45. The van der Waals surface area contributed by atoms with E-state index in [2.05, 4.69) is 28.5 Å². The van der Waals surface area contributed by atoms with E-state index < -0.39 is 0 Å². The minimum Gasteiger partial charge on any atom is -0.339 e. The van der Waals surface area contributed by atoms with Crippen molar-refractivity contribution in [3.05, 3.63) is 55.7 Å². The Morgan fingerprint density at radius 3 is 2.56 bits per heavy atom. The zero-order chi connectivity index (χ0) is 22.6. The number of imidazole rings is 1. The van der Waals surface area contributed by atoms with Gasteiger partial charge >= 0.3 is 5.69 Å². The second-order valence-electron chi connectivity index (χ2n) is 9.91. The van der Waals surface area contributed by atoms with Crippen molar-refractivity contribution in [2.45, 2.75) is 72.0 Å². The molecular weight excluding hydrogens is 402 g/mol. The fraction of sp³-hybridized carbons (Fsp3) is 0.560. The van der Waals surface area contributed by atoms with Crippen LogP contribution in [0.15, 0.2) is 27.8 Å². The van der Waals surface area contributed by atoms with E-state index in [4.69, 9.17) is 4.98 Å². The van der Waals surface area contributed by atoms with Gasteiger partial charge in [0.25, 0.3) is 5.56 Å². The summed E-state index contributed by atoms with van der Waals surface area (Å²) in [6.45, 7) is 8.28. The molecule has 2 aromatic heterocycles. The third-order valence-corrected chi connectivity index (χ3v) is 7.32. The summed E-state index contributed by atoms with van der Waals surface area (Å²) in [7, 11) is 1.73. The zero-order valence-corrected chi connectivity index (χ0v) is 19.6. The second-order valence-corrected chi connectivity index (χ2v) is 9.91. The molecule has 170 valence electrons. The molecule has 0 N–H and O–H groups in total. The minimum absolute atomic E-state index is 0.236. The molecule has 5 rings (SSSR count). The third kappa shape index (κ3) is 3.38. The predicted octanol–water partition coefficient (Wildman–Crippen LogP) is 3.35. The van der Waals surface area contributed by atoms with Crippen LogP contribution in [0, 0.1) is 19.8 Å². The lowest BCUT2D eigenvalue weighted by molar-refractivity contribution is 0.354. The highest BCUT2D eigenvalue weighted by Gasteiger charge is 2.33. The molecule has 1 aliphatic carbocycles. The summed E-state index contributed by atoms with van der Waals surface area (Å²) in [5.41, 5.74) is 3.71. The first kappa shape index (κ1) is 21.0. The third-order valence-electron chi connectivity index (χ3n) is 7.32. The Balaban J connectivity index is 1.68. The molecule has 1 aromatic carbocycles. The van der Waals surface area contributed by atoms with Crippen molar-refractivity contribution in [1.29, 1.82) is 0 Å². The van der Waals surface area contributed by atoms with Crippen LogP contribution in [-0.2, 0) is 20.1 Å². The molecule has 1 atom stereocenters. The highest BCUT2D eigenvalue weighted by Crippen LogP contribution is 2.33. The Morgan fingerprint density at radius 2 is 1.81 bits per heavy atom. The van der Waals surface area contributed by atoms with Gasteiger partial charge in [-0.25, -0.2) is 4.79 Å². The van der Waals surface area contributed by atoms with Crippen molar-refractivity contribution < 1.29 is 0 Å². The van der Waals surface area contributed by atoms with Crippen LogP contribution in [0.3, 0.4) is 0 Å². The van der Waals surface area contributed by atoms with Gasteiger partial charge in [0.05, 0.1) is 6.54 Å². The topological polar surface area (TPSA) is 65.1 Å². The smallest absolute Gasteiger partial charge is 0.332 e. The lowest BCUT2D eigenvalue weighted by atomic mass is 9.93. The molecule has 0 amide bonds. The molecule has 3 aromatic rings. The molecular formula is C25H33N5O2. The van der Waals surface area contributed by atoms with E-state index in [0.717, 1.165) is 35.7 Å². The van der Waals surface area contributed by atoms with E-state index in [0.29, 0.717) is 23.1 Å². The van der Waals surface area contributed by atoms with Crippen LogP contribution in [-0.4, -0.2) is 31.3 Å². The summed E-state index contributed by atoms with van der Waals surface area (Å²) in [6, 6.07) is 6.63. The summed E-state index contributed by atoms with van der Waals surface area (Å²) in [5.74, 6) is 1.28. The maximum absolute atomic E-state index is 13.7. The number of hydrogen-bond donors (Lipinski definition) is 0. The molecule has 7 heteroatoms. The van der Waals surface area contributed by atoms with Gasteiger partial charge in [0.1, 0.15) is 0 Å². The van der Waals surface area contributed by atoms with E-state index in [9.17, 15) is 9.59 Å². The Hall–Kier alpha value is -2.83. The molecule has 0 radical (unpaired) electrons. The van der Waals surface area contributed by atoms with Gasteiger partial charge in [0.2, 0.25) is 5.95 Å². The molecule has 0 unspecified atom stereocenters. The number of rotatable bonds is 3. The highest BCUT2D eigenvalue weighted by atomic mass is 16.2. The number of aryl methyl sites for hydroxylation is 3. The van der Waals surface area contributed by atoms with Gasteiger partial charge in [0, 0.05) is 26.2 Å². The SMILES string of the molecule is Cc1ccc(C)c(Cn2c(=O)c3c(nc4n3C[C@H](C)CN4C3CCCCC3)n(C)c2=O)c1. The first-order chi connectivity index (χ1) is 15.3. The Kier molecular flexibility index (Phi) is 5.22. The quantitative estimate of drug-likeness (QED) is 0.633. The molecule has 0 spiro atoms. The molecule has 7 nitrogen and oxygen atoms in total. The van der Waals surface area contributed by atoms with Gasteiger partial charge < -0.3 is 9.47 Å². The largest absolute Gasteiger partial charge is 0.339 e. The Bertz CT molecular complexity index is 1290. The first-order valence-electron chi connectivity index (χ1n) is 11.9. The van der Waals surface area contributed by atoms with Crippen LogP contribution >= 0.6 is 0 Å². The van der Waals surface area contributed by atoms with E-state index in [1.165, 1.54) is 36.7 Å². The number of anilines is 1. The van der Waals surface area contributed by atoms with Crippen LogP contribution < -0.4 is 16.1 Å². The maximum atomic E-state index is 13.7. The van der Waals surface area contributed by atoms with E-state index in [-0.39, 0.29) is 17.8 Å². The fourth-order valence-electron chi connectivity index (χ4n) is 5.52. The molecule has 1 saturated carbocycles. The molecule has 0 saturated heterocycles. The zero-order valence-electron chi connectivity index (χ0n) is 19.6. The standard InChI is InChI=1S/C25H33N5O2/c1-16-10-11-18(3)19(12-16)15-30-23(31)21-22(27(4)25(30)32)26-24-28(13-17(2)14-29(21)24)20-8-6-5-7-9-20/h10-12,17,20H,5-9,13-15H2,1-4H3/t17-/m1/s1. The van der Waals surface area contributed by atoms with Gasteiger partial charge in [0.15, 0.2) is 11.2 Å². The molecule has 1 aliphatic heterocycles. The summed E-state index contributed by atoms with van der Waals surface area (Å²) >= 11 is 0. The highest BCUT2D eigenvalue weighted by molar-refractivity contribution is 5.75. The number of aromatic nitrogens is 4. The Labute approximate surface area is 188 Å². The van der Waals surface area contributed by atoms with Crippen LogP contribution in [0.5, 0.6) is 0 Å². The van der Waals surface area contributed by atoms with E-state index in [1.54, 1.807) is 11.6 Å². The van der Waals surface area contributed by atoms with Crippen LogP contribution in [0.25, 0.3) is 11.2 Å². The van der Waals surface area contributed by atoms with Gasteiger partial charge in [-0.2, -0.15) is 4.98 Å². The predicted molar refractivity (Wildman–Crippen MR) is 128 cm³/mol. The number of nitrogens with zero attached hydrogens (tertiary/aromatic N) is 5. The second kappa shape index (κ2) is 7.94. The average molecular weight is 436 g/mol. The average Bonchev–Trinajstić information content (AvgIpc) is 3.17. The van der Waals surface area contributed by atoms with Crippen molar-refractivity contribution in [2.24, 2.45) is 13.0 Å². The van der Waals surface area contributed by atoms with Crippen LogP contribution in [0.4, 0.5) is 5.95 Å². The van der Waals surface area contributed by atoms with Crippen LogP contribution in [0.2, 0.25) is 0 Å². The van der Waals surface area contributed by atoms with Crippen LogP contribution in [0.1, 0.15) is 55.7 Å². The maximum Gasteiger partial charge on any atom is 0.332 e. The summed E-state index contributed by atoms with van der Waals surface area (Å²) < 4.78 is 5.01. The Morgan fingerprint density at radius 1 is 1.06 bits per heavy atom. The number of fused-ring (bicyclic) bond motifs is 3.